The fourth-order valence-corrected chi connectivity index (χ4v) is 3.10. The Kier molecular flexibility index (Phi) is 3.61. The van der Waals surface area contributed by atoms with Crippen LogP contribution in [0.25, 0.3) is 0 Å². The number of hydrogen-bond donors (Lipinski definition) is 0. The second-order valence-electron chi connectivity index (χ2n) is 5.91. The molecule has 1 aromatic rings. The molecule has 2 atom stereocenters. The Hall–Kier alpha value is -1.09. The molecule has 19 heavy (non-hydrogen) atoms. The second-order valence-corrected chi connectivity index (χ2v) is 6.57. The van der Waals surface area contributed by atoms with E-state index in [9.17, 15) is 9.18 Å². The van der Waals surface area contributed by atoms with E-state index in [2.05, 4.69) is 6.92 Å². The maximum Gasteiger partial charge on any atom is 0.245 e. The third-order valence-electron chi connectivity index (χ3n) is 3.74. The first kappa shape index (κ1) is 14.3. The van der Waals surface area contributed by atoms with E-state index in [4.69, 9.17) is 11.6 Å². The number of carbonyl (C=O) groups is 1. The van der Waals surface area contributed by atoms with Gasteiger partial charge in [-0.05, 0) is 50.8 Å². The maximum atomic E-state index is 13.5. The number of carbonyl (C=O) groups excluding carboxylic acids is 1. The second kappa shape index (κ2) is 4.78. The van der Waals surface area contributed by atoms with Crippen LogP contribution in [0.2, 0.25) is 0 Å². The first-order valence-electron chi connectivity index (χ1n) is 6.51. The van der Waals surface area contributed by atoms with E-state index in [0.717, 1.165) is 12.0 Å². The van der Waals surface area contributed by atoms with Gasteiger partial charge in [0.2, 0.25) is 5.91 Å². The molecule has 0 unspecified atom stereocenters. The van der Waals surface area contributed by atoms with Gasteiger partial charge in [-0.25, -0.2) is 4.39 Å². The van der Waals surface area contributed by atoms with Gasteiger partial charge in [-0.3, -0.25) is 4.79 Å². The van der Waals surface area contributed by atoms with Crippen LogP contribution in [0.1, 0.15) is 45.6 Å². The number of halogens is 2. The zero-order valence-corrected chi connectivity index (χ0v) is 12.5. The number of benzene rings is 1. The van der Waals surface area contributed by atoms with E-state index >= 15 is 0 Å². The van der Waals surface area contributed by atoms with Crippen molar-refractivity contribution in [3.63, 3.8) is 0 Å². The molecule has 0 aromatic heterocycles. The minimum atomic E-state index is -0.621. The topological polar surface area (TPSA) is 20.3 Å². The van der Waals surface area contributed by atoms with Crippen molar-refractivity contribution in [3.05, 3.63) is 29.6 Å². The minimum absolute atomic E-state index is 0.176. The number of anilines is 1. The fraction of sp³-hybridized carbons (Fsp3) is 0.533. The number of nitrogens with zero attached hydrogens (tertiary/aromatic N) is 1. The molecule has 104 valence electrons. The lowest BCUT2D eigenvalue weighted by atomic mass is 9.80. The van der Waals surface area contributed by atoms with E-state index in [-0.39, 0.29) is 17.3 Å². The number of hydrogen-bond acceptors (Lipinski definition) is 1. The summed E-state index contributed by atoms with van der Waals surface area (Å²) in [5.41, 5.74) is 1.30. The molecular formula is C15H19ClFNO. The highest BCUT2D eigenvalue weighted by molar-refractivity contribution is 6.32. The predicted molar refractivity (Wildman–Crippen MR) is 76.3 cm³/mol. The summed E-state index contributed by atoms with van der Waals surface area (Å²) in [7, 11) is 0. The quantitative estimate of drug-likeness (QED) is 0.712. The standard InChI is InChI=1S/C15H19ClFNO/c1-9-8-15(3,4)18(14(19)10(2)16)13-7-11(17)5-6-12(9)13/h5-7,9-10H,8H2,1-4H3/t9-,10+/m1/s1. The van der Waals surface area contributed by atoms with E-state index in [1.807, 2.05) is 13.8 Å². The van der Waals surface area contributed by atoms with Gasteiger partial charge in [0.1, 0.15) is 11.2 Å². The van der Waals surface area contributed by atoms with Crippen LogP contribution >= 0.6 is 11.6 Å². The minimum Gasteiger partial charge on any atom is -0.305 e. The number of rotatable bonds is 1. The lowest BCUT2D eigenvalue weighted by molar-refractivity contribution is -0.119. The van der Waals surface area contributed by atoms with Crippen molar-refractivity contribution in [2.24, 2.45) is 0 Å². The predicted octanol–water partition coefficient (Wildman–Crippen LogP) is 4.07. The van der Waals surface area contributed by atoms with Crippen LogP contribution in [0.5, 0.6) is 0 Å². The third kappa shape index (κ3) is 2.48. The summed E-state index contributed by atoms with van der Waals surface area (Å²) in [5.74, 6) is -0.214. The molecule has 1 aliphatic heterocycles. The molecule has 1 heterocycles. The molecule has 1 aromatic carbocycles. The van der Waals surface area contributed by atoms with Crippen LogP contribution in [0.3, 0.4) is 0 Å². The van der Waals surface area contributed by atoms with E-state index in [1.54, 1.807) is 17.9 Å². The normalized spacial score (nSPS) is 22.8. The molecule has 0 spiro atoms. The van der Waals surface area contributed by atoms with Gasteiger partial charge in [0.15, 0.2) is 0 Å². The number of amides is 1. The van der Waals surface area contributed by atoms with Gasteiger partial charge in [-0.15, -0.1) is 11.6 Å². The highest BCUT2D eigenvalue weighted by Gasteiger charge is 2.41. The smallest absolute Gasteiger partial charge is 0.245 e. The molecule has 4 heteroatoms. The summed E-state index contributed by atoms with van der Waals surface area (Å²) in [6.45, 7) is 7.74. The molecule has 0 radical (unpaired) electrons. The lowest BCUT2D eigenvalue weighted by Gasteiger charge is -2.46. The fourth-order valence-electron chi connectivity index (χ4n) is 3.00. The summed E-state index contributed by atoms with van der Waals surface area (Å²) < 4.78 is 13.5. The van der Waals surface area contributed by atoms with Gasteiger partial charge in [0.25, 0.3) is 0 Å². The average molecular weight is 284 g/mol. The van der Waals surface area contributed by atoms with Crippen LogP contribution in [0.4, 0.5) is 10.1 Å². The molecule has 2 rings (SSSR count). The number of fused-ring (bicyclic) bond motifs is 1. The first-order valence-corrected chi connectivity index (χ1v) is 6.95. The van der Waals surface area contributed by atoms with Crippen LogP contribution in [-0.4, -0.2) is 16.8 Å². The average Bonchev–Trinajstić information content (AvgIpc) is 2.26. The van der Waals surface area contributed by atoms with Crippen molar-refractivity contribution in [2.75, 3.05) is 4.90 Å². The molecule has 2 nitrogen and oxygen atoms in total. The highest BCUT2D eigenvalue weighted by Crippen LogP contribution is 2.43. The van der Waals surface area contributed by atoms with Crippen LogP contribution in [0.15, 0.2) is 18.2 Å². The van der Waals surface area contributed by atoms with Gasteiger partial charge in [-0.2, -0.15) is 0 Å². The van der Waals surface area contributed by atoms with Crippen molar-refractivity contribution in [2.45, 2.75) is 50.9 Å². The Bertz CT molecular complexity index is 513. The summed E-state index contributed by atoms with van der Waals surface area (Å²) in [5, 5.41) is -0.621. The largest absolute Gasteiger partial charge is 0.305 e. The zero-order chi connectivity index (χ0) is 14.4. The maximum absolute atomic E-state index is 13.5. The van der Waals surface area contributed by atoms with Crippen LogP contribution in [0, 0.1) is 5.82 Å². The molecular weight excluding hydrogens is 265 g/mol. The van der Waals surface area contributed by atoms with Gasteiger partial charge < -0.3 is 4.90 Å². The Morgan fingerprint density at radius 1 is 1.53 bits per heavy atom. The van der Waals surface area contributed by atoms with Crippen molar-refractivity contribution in [1.82, 2.24) is 0 Å². The summed E-state index contributed by atoms with van der Waals surface area (Å²) in [4.78, 5) is 14.0. The molecule has 0 saturated carbocycles. The molecule has 0 fully saturated rings. The Morgan fingerprint density at radius 2 is 2.16 bits per heavy atom. The SMILES string of the molecule is C[C@H](Cl)C(=O)N1c2cc(F)ccc2[C@H](C)CC1(C)C. The van der Waals surface area contributed by atoms with Gasteiger partial charge in [0, 0.05) is 5.54 Å². The monoisotopic (exact) mass is 283 g/mol. The Labute approximate surface area is 118 Å². The molecule has 1 aliphatic rings. The highest BCUT2D eigenvalue weighted by atomic mass is 35.5. The van der Waals surface area contributed by atoms with Crippen LogP contribution < -0.4 is 4.90 Å². The summed E-state index contributed by atoms with van der Waals surface area (Å²) >= 11 is 5.95. The molecule has 0 aliphatic carbocycles. The van der Waals surface area contributed by atoms with Gasteiger partial charge in [0.05, 0.1) is 5.69 Å². The van der Waals surface area contributed by atoms with Crippen LogP contribution in [-0.2, 0) is 4.79 Å². The van der Waals surface area contributed by atoms with Gasteiger partial charge in [-0.1, -0.05) is 13.0 Å². The molecule has 0 saturated heterocycles. The third-order valence-corrected chi connectivity index (χ3v) is 3.92. The Balaban J connectivity index is 2.60. The summed E-state index contributed by atoms with van der Waals surface area (Å²) in [6.07, 6.45) is 0.834. The Morgan fingerprint density at radius 3 is 2.74 bits per heavy atom. The summed E-state index contributed by atoms with van der Waals surface area (Å²) in [6, 6.07) is 4.65. The van der Waals surface area contributed by atoms with Crippen molar-refractivity contribution < 1.29 is 9.18 Å². The zero-order valence-electron chi connectivity index (χ0n) is 11.7. The van der Waals surface area contributed by atoms with E-state index < -0.39 is 5.38 Å². The molecule has 0 bridgehead atoms. The number of alkyl halides is 1. The van der Waals surface area contributed by atoms with Gasteiger partial charge >= 0.3 is 0 Å². The molecule has 1 amide bonds. The van der Waals surface area contributed by atoms with E-state index in [0.29, 0.717) is 11.6 Å². The lowest BCUT2D eigenvalue weighted by Crippen LogP contribution is -2.53. The van der Waals surface area contributed by atoms with Crippen molar-refractivity contribution in [3.8, 4) is 0 Å². The first-order chi connectivity index (χ1) is 8.74. The van der Waals surface area contributed by atoms with Crippen molar-refractivity contribution in [1.29, 1.82) is 0 Å². The van der Waals surface area contributed by atoms with Crippen molar-refractivity contribution >= 4 is 23.2 Å². The van der Waals surface area contributed by atoms with E-state index in [1.165, 1.54) is 12.1 Å². The molecule has 0 N–H and O–H groups in total.